The monoisotopic (exact) mass is 368 g/mol. The summed E-state index contributed by atoms with van der Waals surface area (Å²) in [7, 11) is 3.04. The van der Waals surface area contributed by atoms with Crippen LogP contribution in [0, 0.1) is 5.82 Å². The zero-order chi connectivity index (χ0) is 17.7. The Labute approximate surface area is 148 Å². The van der Waals surface area contributed by atoms with Crippen molar-refractivity contribution in [2.45, 2.75) is 0 Å². The lowest BCUT2D eigenvalue weighted by atomic mass is 10.2. The summed E-state index contributed by atoms with van der Waals surface area (Å²) in [4.78, 5) is 12.1. The molecule has 0 fully saturated rings. The van der Waals surface area contributed by atoms with Crippen molar-refractivity contribution in [2.24, 2.45) is 0 Å². The first-order valence-corrected chi connectivity index (χ1v) is 7.52. The Morgan fingerprint density at radius 2 is 1.92 bits per heavy atom. The molecule has 8 heteroatoms. The minimum atomic E-state index is -0.551. The van der Waals surface area contributed by atoms with Gasteiger partial charge in [0.25, 0.3) is 5.91 Å². The number of benzene rings is 2. The van der Waals surface area contributed by atoms with E-state index in [2.05, 4.69) is 10.6 Å². The lowest BCUT2D eigenvalue weighted by Crippen LogP contribution is -2.34. The van der Waals surface area contributed by atoms with Gasteiger partial charge in [-0.2, -0.15) is 0 Å². The molecule has 2 aromatic rings. The van der Waals surface area contributed by atoms with Crippen LogP contribution in [0.1, 0.15) is 10.4 Å². The molecule has 0 aliphatic carbocycles. The lowest BCUT2D eigenvalue weighted by Gasteiger charge is -2.14. The highest BCUT2D eigenvalue weighted by atomic mass is 35.5. The molecular weight excluding hydrogens is 355 g/mol. The summed E-state index contributed by atoms with van der Waals surface area (Å²) < 4.78 is 23.4. The van der Waals surface area contributed by atoms with Gasteiger partial charge in [-0.15, -0.1) is 0 Å². The van der Waals surface area contributed by atoms with Crippen LogP contribution >= 0.6 is 23.8 Å². The van der Waals surface area contributed by atoms with Crippen LogP contribution in [0.25, 0.3) is 0 Å². The van der Waals surface area contributed by atoms with Crippen LogP contribution in [0.5, 0.6) is 11.5 Å². The average molecular weight is 369 g/mol. The maximum Gasteiger partial charge on any atom is 0.258 e. The van der Waals surface area contributed by atoms with E-state index in [1.54, 1.807) is 25.3 Å². The van der Waals surface area contributed by atoms with Gasteiger partial charge >= 0.3 is 0 Å². The second-order valence-corrected chi connectivity index (χ2v) is 5.41. The Morgan fingerprint density at radius 3 is 2.54 bits per heavy atom. The molecule has 2 rings (SSSR count). The van der Waals surface area contributed by atoms with Crippen molar-refractivity contribution in [3.05, 3.63) is 52.8 Å². The fraction of sp³-hybridized carbons (Fsp3) is 0.125. The molecule has 0 aromatic heterocycles. The minimum Gasteiger partial charge on any atom is -0.497 e. The number of hydrogen-bond donors (Lipinski definition) is 2. The van der Waals surface area contributed by atoms with Crippen molar-refractivity contribution < 1.29 is 18.7 Å². The van der Waals surface area contributed by atoms with Gasteiger partial charge in [0.15, 0.2) is 5.11 Å². The number of hydrogen-bond acceptors (Lipinski definition) is 4. The number of thiocarbonyl (C=S) groups is 1. The van der Waals surface area contributed by atoms with Crippen LogP contribution in [0.3, 0.4) is 0 Å². The van der Waals surface area contributed by atoms with Crippen molar-refractivity contribution in [3.63, 3.8) is 0 Å². The number of ether oxygens (including phenoxy) is 2. The standard InChI is InChI=1S/C16H14ClFN2O3S/c1-22-10-4-6-13(14(8-10)23-2)19-16(24)20-15(21)11-5-3-9(18)7-12(11)17/h3-8H,1-2H3,(H2,19,20,21,24). The predicted octanol–water partition coefficient (Wildman–Crippen LogP) is 3.62. The van der Waals surface area contributed by atoms with Gasteiger partial charge in [0.1, 0.15) is 17.3 Å². The second kappa shape index (κ2) is 7.94. The van der Waals surface area contributed by atoms with E-state index < -0.39 is 11.7 Å². The first kappa shape index (κ1) is 18.0. The molecule has 126 valence electrons. The number of methoxy groups -OCH3 is 2. The third-order valence-electron chi connectivity index (χ3n) is 3.06. The van der Waals surface area contributed by atoms with Crippen LogP contribution in [-0.4, -0.2) is 25.2 Å². The summed E-state index contributed by atoms with van der Waals surface area (Å²) in [6, 6.07) is 8.56. The molecule has 1 amide bonds. The van der Waals surface area contributed by atoms with E-state index in [1.165, 1.54) is 13.2 Å². The molecule has 0 bridgehead atoms. The number of halogens is 2. The smallest absolute Gasteiger partial charge is 0.258 e. The molecule has 24 heavy (non-hydrogen) atoms. The van der Waals surface area contributed by atoms with Gasteiger partial charge in [-0.05, 0) is 42.5 Å². The second-order valence-electron chi connectivity index (χ2n) is 4.60. The van der Waals surface area contributed by atoms with Gasteiger partial charge < -0.3 is 14.8 Å². The Bertz CT molecular complexity index is 786. The summed E-state index contributed by atoms with van der Waals surface area (Å²) in [6.07, 6.45) is 0. The first-order chi connectivity index (χ1) is 11.4. The fourth-order valence-corrected chi connectivity index (χ4v) is 2.36. The summed E-state index contributed by atoms with van der Waals surface area (Å²) in [5.41, 5.74) is 0.665. The number of anilines is 1. The van der Waals surface area contributed by atoms with E-state index >= 15 is 0 Å². The van der Waals surface area contributed by atoms with Gasteiger partial charge in [0.2, 0.25) is 0 Å². The van der Waals surface area contributed by atoms with Crippen molar-refractivity contribution in [1.82, 2.24) is 5.32 Å². The van der Waals surface area contributed by atoms with Gasteiger partial charge in [-0.1, -0.05) is 11.6 Å². The number of carbonyl (C=O) groups is 1. The number of nitrogens with one attached hydrogen (secondary N) is 2. The van der Waals surface area contributed by atoms with E-state index in [4.69, 9.17) is 33.3 Å². The van der Waals surface area contributed by atoms with Crippen molar-refractivity contribution in [1.29, 1.82) is 0 Å². The average Bonchev–Trinajstić information content (AvgIpc) is 2.54. The highest BCUT2D eigenvalue weighted by molar-refractivity contribution is 7.80. The molecule has 0 heterocycles. The molecule has 0 aliphatic rings. The van der Waals surface area contributed by atoms with E-state index in [9.17, 15) is 9.18 Å². The number of carbonyl (C=O) groups excluding carboxylic acids is 1. The molecule has 0 radical (unpaired) electrons. The highest BCUT2D eigenvalue weighted by Crippen LogP contribution is 2.29. The summed E-state index contributed by atoms with van der Waals surface area (Å²) >= 11 is 11.0. The van der Waals surface area contributed by atoms with Gasteiger partial charge in [-0.3, -0.25) is 10.1 Å². The van der Waals surface area contributed by atoms with Crippen LogP contribution in [-0.2, 0) is 0 Å². The maximum atomic E-state index is 13.0. The predicted molar refractivity (Wildman–Crippen MR) is 94.6 cm³/mol. The quantitative estimate of drug-likeness (QED) is 0.807. The highest BCUT2D eigenvalue weighted by Gasteiger charge is 2.14. The molecule has 2 aromatic carbocycles. The normalized spacial score (nSPS) is 10.0. The third-order valence-corrected chi connectivity index (χ3v) is 3.58. The molecule has 0 atom stereocenters. The van der Waals surface area contributed by atoms with Crippen molar-refractivity contribution in [2.75, 3.05) is 19.5 Å². The van der Waals surface area contributed by atoms with Crippen LogP contribution in [0.4, 0.5) is 10.1 Å². The Hall–Kier alpha value is -2.38. The summed E-state index contributed by atoms with van der Waals surface area (Å²) in [5, 5.41) is 5.36. The van der Waals surface area contributed by atoms with E-state index in [0.717, 1.165) is 12.1 Å². The van der Waals surface area contributed by atoms with Gasteiger partial charge in [0, 0.05) is 6.07 Å². The molecule has 0 spiro atoms. The Morgan fingerprint density at radius 1 is 1.17 bits per heavy atom. The van der Waals surface area contributed by atoms with E-state index in [1.807, 2.05) is 0 Å². The molecule has 0 aliphatic heterocycles. The number of amides is 1. The molecule has 0 saturated heterocycles. The largest absolute Gasteiger partial charge is 0.497 e. The SMILES string of the molecule is COc1ccc(NC(=S)NC(=O)c2ccc(F)cc2Cl)c(OC)c1. The van der Waals surface area contributed by atoms with Gasteiger partial charge in [0.05, 0.1) is 30.5 Å². The van der Waals surface area contributed by atoms with Crippen molar-refractivity contribution >= 4 is 40.5 Å². The lowest BCUT2D eigenvalue weighted by molar-refractivity contribution is 0.0978. The van der Waals surface area contributed by atoms with Crippen LogP contribution in [0.2, 0.25) is 5.02 Å². The maximum absolute atomic E-state index is 13.0. The molecular formula is C16H14ClFN2O3S. The van der Waals surface area contributed by atoms with Crippen molar-refractivity contribution in [3.8, 4) is 11.5 Å². The zero-order valence-electron chi connectivity index (χ0n) is 12.9. The molecule has 0 unspecified atom stereocenters. The summed E-state index contributed by atoms with van der Waals surface area (Å²) in [6.45, 7) is 0. The number of rotatable bonds is 4. The van der Waals surface area contributed by atoms with E-state index in [-0.39, 0.29) is 15.7 Å². The zero-order valence-corrected chi connectivity index (χ0v) is 14.4. The first-order valence-electron chi connectivity index (χ1n) is 6.74. The minimum absolute atomic E-state index is 0.00247. The van der Waals surface area contributed by atoms with Gasteiger partial charge in [-0.25, -0.2) is 4.39 Å². The van der Waals surface area contributed by atoms with E-state index in [0.29, 0.717) is 17.2 Å². The molecule has 2 N–H and O–H groups in total. The topological polar surface area (TPSA) is 59.6 Å². The Kier molecular flexibility index (Phi) is 5.94. The fourth-order valence-electron chi connectivity index (χ4n) is 1.90. The van der Waals surface area contributed by atoms with Crippen LogP contribution < -0.4 is 20.1 Å². The third kappa shape index (κ3) is 4.33. The molecule has 5 nitrogen and oxygen atoms in total. The van der Waals surface area contributed by atoms with Crippen LogP contribution in [0.15, 0.2) is 36.4 Å². The molecule has 0 saturated carbocycles. The Balaban J connectivity index is 2.09. The summed E-state index contributed by atoms with van der Waals surface area (Å²) in [5.74, 6) is 0.0291.